The monoisotopic (exact) mass is 569 g/mol. The van der Waals surface area contributed by atoms with Gasteiger partial charge in [0.05, 0.1) is 11.9 Å². The summed E-state index contributed by atoms with van der Waals surface area (Å²) in [5.41, 5.74) is 8.26. The van der Waals surface area contributed by atoms with Gasteiger partial charge in [-0.05, 0) is 72.5 Å². The number of carbonyl (C=O) groups is 1. The van der Waals surface area contributed by atoms with Gasteiger partial charge in [-0.1, -0.05) is 6.07 Å². The Morgan fingerprint density at radius 3 is 2.65 bits per heavy atom. The van der Waals surface area contributed by atoms with Crippen LogP contribution in [0.25, 0.3) is 5.65 Å². The lowest BCUT2D eigenvalue weighted by atomic mass is 9.92. The average Bonchev–Trinajstić information content (AvgIpc) is 3.26. The van der Waals surface area contributed by atoms with Crippen molar-refractivity contribution in [3.05, 3.63) is 64.4 Å². The van der Waals surface area contributed by atoms with E-state index in [9.17, 15) is 4.79 Å². The molecule has 0 bridgehead atoms. The first-order valence-corrected chi connectivity index (χ1v) is 12.1. The zero-order valence-electron chi connectivity index (χ0n) is 18.3. The number of hydrogen-bond acceptors (Lipinski definition) is 8. The molecular weight excluding hydrogens is 545 g/mol. The van der Waals surface area contributed by atoms with E-state index in [2.05, 4.69) is 53.5 Å². The van der Waals surface area contributed by atoms with Gasteiger partial charge in [0.25, 0.3) is 5.91 Å². The minimum Gasteiger partial charge on any atom is -0.366 e. The number of carbonyl (C=O) groups excluding carboxylic acids is 1. The zero-order valence-corrected chi connectivity index (χ0v) is 20.4. The topological polar surface area (TPSA) is 135 Å². The molecule has 1 fully saturated rings. The van der Waals surface area contributed by atoms with Crippen molar-refractivity contribution in [2.45, 2.75) is 37.8 Å². The van der Waals surface area contributed by atoms with E-state index >= 15 is 0 Å². The third-order valence-corrected chi connectivity index (χ3v) is 6.33. The number of imidazole rings is 1. The van der Waals surface area contributed by atoms with Gasteiger partial charge >= 0.3 is 0 Å². The molecule has 1 saturated carbocycles. The van der Waals surface area contributed by atoms with Crippen molar-refractivity contribution < 1.29 is 4.79 Å². The molecule has 0 spiro atoms. The molecule has 174 valence electrons. The first-order chi connectivity index (χ1) is 16.5. The molecule has 0 atom stereocenters. The Morgan fingerprint density at radius 2 is 1.88 bits per heavy atom. The molecule has 0 aromatic carbocycles. The second-order valence-electron chi connectivity index (χ2n) is 8.24. The number of fused-ring (bicyclic) bond motifs is 1. The predicted octanol–water partition coefficient (Wildman–Crippen LogP) is 3.80. The van der Waals surface area contributed by atoms with Gasteiger partial charge in [0.1, 0.15) is 15.3 Å². The summed E-state index contributed by atoms with van der Waals surface area (Å²) in [7, 11) is 0. The third kappa shape index (κ3) is 5.09. The van der Waals surface area contributed by atoms with Crippen LogP contribution in [0.4, 0.5) is 23.0 Å². The molecule has 5 N–H and O–H groups in total. The summed E-state index contributed by atoms with van der Waals surface area (Å²) >= 11 is 2.10. The minimum absolute atomic E-state index is 0.259. The summed E-state index contributed by atoms with van der Waals surface area (Å²) in [6.07, 6.45) is 8.79. The highest BCUT2D eigenvalue weighted by molar-refractivity contribution is 14.1. The molecule has 4 aromatic heterocycles. The number of hydrogen-bond donors (Lipinski definition) is 4. The quantitative estimate of drug-likeness (QED) is 0.204. The Kier molecular flexibility index (Phi) is 6.54. The van der Waals surface area contributed by atoms with Crippen molar-refractivity contribution in [2.24, 2.45) is 5.73 Å². The van der Waals surface area contributed by atoms with E-state index in [4.69, 9.17) is 10.8 Å². The van der Waals surface area contributed by atoms with Crippen LogP contribution < -0.4 is 21.7 Å². The summed E-state index contributed by atoms with van der Waals surface area (Å²) in [6.45, 7) is 0. The van der Waals surface area contributed by atoms with Crippen LogP contribution in [0.15, 0.2) is 55.0 Å². The normalized spacial score (nSPS) is 17.9. The standard InChI is InChI=1S/C23H24IN9O/c24-19-11-16(8-10-26-19)30-23(34)18-13-28-22-17(31-20-3-1-2-9-27-20)12-21(32-33(18)22)29-15-6-4-14(25)5-7-15/h1-3,8-15H,4-7,25H2,(H,27,31)(H,29,32)(H,26,30,34). The number of nitrogens with one attached hydrogen (secondary N) is 3. The van der Waals surface area contributed by atoms with E-state index in [-0.39, 0.29) is 18.0 Å². The van der Waals surface area contributed by atoms with Crippen molar-refractivity contribution in [2.75, 3.05) is 16.0 Å². The van der Waals surface area contributed by atoms with E-state index < -0.39 is 0 Å². The highest BCUT2D eigenvalue weighted by Crippen LogP contribution is 2.26. The van der Waals surface area contributed by atoms with Crippen molar-refractivity contribution in [3.8, 4) is 0 Å². The van der Waals surface area contributed by atoms with Gasteiger partial charge in [-0.3, -0.25) is 9.78 Å². The van der Waals surface area contributed by atoms with Crippen LogP contribution in [0, 0.1) is 3.70 Å². The SMILES string of the molecule is NC1CCC(Nc2cc(Nc3ccccn3)c3ncc(C(=O)Nc4ccnc(I)c4)n3n2)CC1. The zero-order chi connectivity index (χ0) is 23.5. The van der Waals surface area contributed by atoms with Gasteiger partial charge < -0.3 is 21.7 Å². The first-order valence-electron chi connectivity index (χ1n) is 11.1. The number of amides is 1. The molecule has 1 amide bonds. The fraction of sp³-hybridized carbons (Fsp3) is 0.261. The molecule has 34 heavy (non-hydrogen) atoms. The Morgan fingerprint density at radius 1 is 1.03 bits per heavy atom. The fourth-order valence-corrected chi connectivity index (χ4v) is 4.50. The fourth-order valence-electron chi connectivity index (χ4n) is 4.01. The Labute approximate surface area is 209 Å². The van der Waals surface area contributed by atoms with E-state index in [1.807, 2.05) is 24.3 Å². The lowest BCUT2D eigenvalue weighted by Crippen LogP contribution is -2.33. The second kappa shape index (κ2) is 9.89. The van der Waals surface area contributed by atoms with E-state index in [1.54, 1.807) is 29.0 Å². The Balaban J connectivity index is 1.49. The van der Waals surface area contributed by atoms with E-state index in [0.717, 1.165) is 29.4 Å². The van der Waals surface area contributed by atoms with Gasteiger partial charge in [-0.2, -0.15) is 0 Å². The van der Waals surface area contributed by atoms with Crippen molar-refractivity contribution >= 4 is 57.2 Å². The molecule has 5 rings (SSSR count). The maximum atomic E-state index is 13.1. The van der Waals surface area contributed by atoms with Crippen LogP contribution >= 0.6 is 22.6 Å². The van der Waals surface area contributed by atoms with Crippen LogP contribution in [0.5, 0.6) is 0 Å². The molecule has 1 aliphatic carbocycles. The second-order valence-corrected chi connectivity index (χ2v) is 9.34. The van der Waals surface area contributed by atoms with E-state index in [0.29, 0.717) is 34.4 Å². The van der Waals surface area contributed by atoms with Gasteiger partial charge in [-0.15, -0.1) is 5.10 Å². The number of pyridine rings is 2. The largest absolute Gasteiger partial charge is 0.366 e. The van der Waals surface area contributed by atoms with Crippen LogP contribution in [0.3, 0.4) is 0 Å². The summed E-state index contributed by atoms with van der Waals surface area (Å²) in [4.78, 5) is 26.1. The molecular formula is C23H24IN9O. The van der Waals surface area contributed by atoms with Gasteiger partial charge in [0, 0.05) is 36.2 Å². The van der Waals surface area contributed by atoms with E-state index in [1.165, 1.54) is 6.20 Å². The number of aromatic nitrogens is 5. The smallest absolute Gasteiger partial charge is 0.276 e. The lowest BCUT2D eigenvalue weighted by molar-refractivity contribution is 0.102. The van der Waals surface area contributed by atoms with Gasteiger partial charge in [-0.25, -0.2) is 14.5 Å². The highest BCUT2D eigenvalue weighted by Gasteiger charge is 2.21. The van der Waals surface area contributed by atoms with Gasteiger partial charge in [0.15, 0.2) is 11.3 Å². The maximum absolute atomic E-state index is 13.1. The van der Waals surface area contributed by atoms with Crippen LogP contribution in [0.1, 0.15) is 36.2 Å². The maximum Gasteiger partial charge on any atom is 0.276 e. The average molecular weight is 569 g/mol. The van der Waals surface area contributed by atoms with Crippen molar-refractivity contribution in [1.82, 2.24) is 24.6 Å². The summed E-state index contributed by atoms with van der Waals surface area (Å²) in [5.74, 6) is 1.01. The molecule has 4 aromatic rings. The number of nitrogens with zero attached hydrogens (tertiary/aromatic N) is 5. The minimum atomic E-state index is -0.313. The molecule has 0 saturated heterocycles. The number of halogens is 1. The predicted molar refractivity (Wildman–Crippen MR) is 139 cm³/mol. The third-order valence-electron chi connectivity index (χ3n) is 5.74. The number of anilines is 4. The molecule has 11 heteroatoms. The van der Waals surface area contributed by atoms with Crippen LogP contribution in [-0.4, -0.2) is 42.6 Å². The summed E-state index contributed by atoms with van der Waals surface area (Å²) < 4.78 is 2.34. The van der Waals surface area contributed by atoms with Crippen molar-refractivity contribution in [1.29, 1.82) is 0 Å². The first kappa shape index (κ1) is 22.5. The lowest BCUT2D eigenvalue weighted by Gasteiger charge is -2.27. The molecule has 0 unspecified atom stereocenters. The van der Waals surface area contributed by atoms with Crippen LogP contribution in [-0.2, 0) is 0 Å². The Hall–Kier alpha value is -3.32. The molecule has 0 aliphatic heterocycles. The molecule has 0 radical (unpaired) electrons. The molecule has 1 aliphatic rings. The molecule has 4 heterocycles. The Bertz CT molecular complexity index is 1300. The number of nitrogens with two attached hydrogens (primary N) is 1. The molecule has 10 nitrogen and oxygen atoms in total. The van der Waals surface area contributed by atoms with Crippen LogP contribution in [0.2, 0.25) is 0 Å². The highest BCUT2D eigenvalue weighted by atomic mass is 127. The van der Waals surface area contributed by atoms with Gasteiger partial charge in [0.2, 0.25) is 0 Å². The summed E-state index contributed by atoms with van der Waals surface area (Å²) in [5, 5.41) is 14.4. The van der Waals surface area contributed by atoms with Crippen molar-refractivity contribution in [3.63, 3.8) is 0 Å². The number of rotatable bonds is 6. The summed E-state index contributed by atoms with van der Waals surface area (Å²) in [6, 6.07) is 11.6.